The topological polar surface area (TPSA) is 47.0 Å². The fourth-order valence-electron chi connectivity index (χ4n) is 2.74. The Hall–Kier alpha value is -1.30. The van der Waals surface area contributed by atoms with E-state index in [0.717, 1.165) is 36.2 Å². The van der Waals surface area contributed by atoms with E-state index in [9.17, 15) is 0 Å². The van der Waals surface area contributed by atoms with Crippen LogP contribution in [0.4, 0.5) is 0 Å². The Bertz CT molecular complexity index is 552. The monoisotopic (exact) mass is 303 g/mol. The summed E-state index contributed by atoms with van der Waals surface area (Å²) in [7, 11) is 0. The molecule has 1 aliphatic rings. The predicted octanol–water partition coefficient (Wildman–Crippen LogP) is 3.10. The van der Waals surface area contributed by atoms with E-state index in [1.807, 2.05) is 6.92 Å². The summed E-state index contributed by atoms with van der Waals surface area (Å²) in [5.74, 6) is 0.652. The van der Waals surface area contributed by atoms with Gasteiger partial charge in [-0.2, -0.15) is 0 Å². The van der Waals surface area contributed by atoms with Crippen LogP contribution in [0.5, 0.6) is 0 Å². The molecular weight excluding hydrogens is 282 g/mol. The van der Waals surface area contributed by atoms with Gasteiger partial charge in [0.1, 0.15) is 10.0 Å². The van der Waals surface area contributed by atoms with Crippen LogP contribution in [0.15, 0.2) is 30.3 Å². The Morgan fingerprint density at radius 2 is 2.19 bits per heavy atom. The average Bonchev–Trinajstić information content (AvgIpc) is 3.16. The molecule has 1 saturated heterocycles. The number of benzene rings is 1. The summed E-state index contributed by atoms with van der Waals surface area (Å²) in [6.45, 7) is 4.56. The third kappa shape index (κ3) is 4.09. The van der Waals surface area contributed by atoms with Gasteiger partial charge in [-0.25, -0.2) is 0 Å². The van der Waals surface area contributed by atoms with Gasteiger partial charge in [-0.3, -0.25) is 0 Å². The molecule has 1 aromatic carbocycles. The molecule has 112 valence electrons. The molecule has 0 amide bonds. The molecule has 21 heavy (non-hydrogen) atoms. The summed E-state index contributed by atoms with van der Waals surface area (Å²) in [5.41, 5.74) is 1.34. The Kier molecular flexibility index (Phi) is 4.95. The number of hydrogen-bond acceptors (Lipinski definition) is 5. The number of ether oxygens (including phenoxy) is 1. The zero-order valence-corrected chi connectivity index (χ0v) is 13.1. The minimum atomic E-state index is 0.349. The normalized spacial score (nSPS) is 19.8. The second kappa shape index (κ2) is 7.11. The molecule has 4 nitrogen and oxygen atoms in total. The molecule has 1 fully saturated rings. The molecule has 2 aromatic rings. The summed E-state index contributed by atoms with van der Waals surface area (Å²) in [6, 6.07) is 11.0. The lowest BCUT2D eigenvalue weighted by molar-refractivity contribution is 0.181. The van der Waals surface area contributed by atoms with Gasteiger partial charge in [0.05, 0.1) is 6.54 Å². The van der Waals surface area contributed by atoms with Gasteiger partial charge in [0.15, 0.2) is 0 Å². The van der Waals surface area contributed by atoms with E-state index >= 15 is 0 Å². The molecule has 1 aromatic heterocycles. The summed E-state index contributed by atoms with van der Waals surface area (Å²) >= 11 is 1.66. The zero-order valence-electron chi connectivity index (χ0n) is 12.3. The van der Waals surface area contributed by atoms with Crippen molar-refractivity contribution in [3.05, 3.63) is 45.9 Å². The lowest BCUT2D eigenvalue weighted by Gasteiger charge is -2.21. The molecule has 3 rings (SSSR count). The van der Waals surface area contributed by atoms with E-state index in [1.165, 1.54) is 12.0 Å². The van der Waals surface area contributed by atoms with E-state index in [0.29, 0.717) is 12.0 Å². The lowest BCUT2D eigenvalue weighted by atomic mass is 9.94. The first kappa shape index (κ1) is 14.6. The first-order valence-corrected chi connectivity index (χ1v) is 8.28. The quantitative estimate of drug-likeness (QED) is 0.891. The molecule has 1 N–H and O–H groups in total. The molecular formula is C16H21N3OS. The van der Waals surface area contributed by atoms with Crippen molar-refractivity contribution >= 4 is 11.3 Å². The third-order valence-electron chi connectivity index (χ3n) is 3.86. The van der Waals surface area contributed by atoms with Crippen LogP contribution < -0.4 is 5.32 Å². The van der Waals surface area contributed by atoms with Gasteiger partial charge < -0.3 is 10.1 Å². The minimum Gasteiger partial charge on any atom is -0.381 e. The van der Waals surface area contributed by atoms with Gasteiger partial charge in [0.25, 0.3) is 0 Å². The van der Waals surface area contributed by atoms with Gasteiger partial charge in [0.2, 0.25) is 0 Å². The zero-order chi connectivity index (χ0) is 14.5. The molecule has 0 saturated carbocycles. The largest absolute Gasteiger partial charge is 0.381 e. The van der Waals surface area contributed by atoms with Gasteiger partial charge in [-0.1, -0.05) is 30.3 Å². The fraction of sp³-hybridized carbons (Fsp3) is 0.500. The van der Waals surface area contributed by atoms with Crippen molar-refractivity contribution in [2.75, 3.05) is 13.2 Å². The average molecular weight is 303 g/mol. The van der Waals surface area contributed by atoms with Crippen molar-refractivity contribution < 1.29 is 4.74 Å². The van der Waals surface area contributed by atoms with E-state index in [2.05, 4.69) is 45.8 Å². The van der Waals surface area contributed by atoms with Crippen molar-refractivity contribution in [3.63, 3.8) is 0 Å². The number of hydrogen-bond donors (Lipinski definition) is 1. The number of aromatic nitrogens is 2. The van der Waals surface area contributed by atoms with Crippen LogP contribution in [-0.2, 0) is 11.3 Å². The third-order valence-corrected chi connectivity index (χ3v) is 4.70. The summed E-state index contributed by atoms with van der Waals surface area (Å²) in [5, 5.41) is 14.0. The molecule has 1 aliphatic heterocycles. The van der Waals surface area contributed by atoms with E-state index < -0.39 is 0 Å². The van der Waals surface area contributed by atoms with E-state index in [-0.39, 0.29) is 0 Å². The van der Waals surface area contributed by atoms with Crippen LogP contribution in [0.1, 0.15) is 34.5 Å². The minimum absolute atomic E-state index is 0.349. The van der Waals surface area contributed by atoms with Crippen LogP contribution in [0.2, 0.25) is 0 Å². The highest BCUT2D eigenvalue weighted by atomic mass is 32.1. The predicted molar refractivity (Wildman–Crippen MR) is 84.2 cm³/mol. The Morgan fingerprint density at radius 1 is 1.33 bits per heavy atom. The summed E-state index contributed by atoms with van der Waals surface area (Å²) in [4.78, 5) is 0. The molecule has 0 spiro atoms. The standard InChI is InChI=1S/C16H21N3OS/c1-12-18-19-16(21-12)10-17-15(9-13-7-8-20-11-13)14-5-3-2-4-6-14/h2-6,13,15,17H,7-11H2,1H3. The van der Waals surface area contributed by atoms with E-state index in [1.54, 1.807) is 11.3 Å². The van der Waals surface area contributed by atoms with Gasteiger partial charge >= 0.3 is 0 Å². The molecule has 0 bridgehead atoms. The summed E-state index contributed by atoms with van der Waals surface area (Å²) in [6.07, 6.45) is 2.28. The maximum Gasteiger partial charge on any atom is 0.131 e. The van der Waals surface area contributed by atoms with Crippen LogP contribution in [0.25, 0.3) is 0 Å². The highest BCUT2D eigenvalue weighted by Crippen LogP contribution is 2.27. The van der Waals surface area contributed by atoms with Crippen molar-refractivity contribution in [2.24, 2.45) is 5.92 Å². The van der Waals surface area contributed by atoms with Crippen LogP contribution in [0, 0.1) is 12.8 Å². The highest BCUT2D eigenvalue weighted by molar-refractivity contribution is 7.11. The van der Waals surface area contributed by atoms with Crippen molar-refractivity contribution in [1.82, 2.24) is 15.5 Å². The van der Waals surface area contributed by atoms with Crippen LogP contribution in [0.3, 0.4) is 0 Å². The van der Waals surface area contributed by atoms with Crippen molar-refractivity contribution in [3.8, 4) is 0 Å². The highest BCUT2D eigenvalue weighted by Gasteiger charge is 2.21. The number of aryl methyl sites for hydroxylation is 1. The number of rotatable bonds is 6. The maximum atomic E-state index is 5.51. The summed E-state index contributed by atoms with van der Waals surface area (Å²) < 4.78 is 5.51. The van der Waals surface area contributed by atoms with Crippen LogP contribution in [-0.4, -0.2) is 23.4 Å². The van der Waals surface area contributed by atoms with Crippen LogP contribution >= 0.6 is 11.3 Å². The van der Waals surface area contributed by atoms with Gasteiger partial charge in [-0.05, 0) is 31.2 Å². The lowest BCUT2D eigenvalue weighted by Crippen LogP contribution is -2.23. The first-order chi connectivity index (χ1) is 10.3. The molecule has 0 radical (unpaired) electrons. The Morgan fingerprint density at radius 3 is 2.86 bits per heavy atom. The van der Waals surface area contributed by atoms with E-state index in [4.69, 9.17) is 4.74 Å². The second-order valence-corrected chi connectivity index (χ2v) is 6.79. The maximum absolute atomic E-state index is 5.51. The van der Waals surface area contributed by atoms with Crippen molar-refractivity contribution in [2.45, 2.75) is 32.4 Å². The molecule has 2 heterocycles. The Balaban J connectivity index is 1.66. The molecule has 2 unspecified atom stereocenters. The van der Waals surface area contributed by atoms with Crippen molar-refractivity contribution in [1.29, 1.82) is 0 Å². The SMILES string of the molecule is Cc1nnc(CNC(CC2CCOC2)c2ccccc2)s1. The first-order valence-electron chi connectivity index (χ1n) is 7.46. The van der Waals surface area contributed by atoms with Gasteiger partial charge in [-0.15, -0.1) is 21.5 Å². The molecule has 0 aliphatic carbocycles. The smallest absolute Gasteiger partial charge is 0.131 e. The van der Waals surface area contributed by atoms with Gasteiger partial charge in [0, 0.05) is 19.3 Å². The molecule has 5 heteroatoms. The number of nitrogens with zero attached hydrogens (tertiary/aromatic N) is 2. The Labute approximate surface area is 129 Å². The number of nitrogens with one attached hydrogen (secondary N) is 1. The molecule has 2 atom stereocenters. The second-order valence-electron chi connectivity index (χ2n) is 5.52. The fourth-order valence-corrected chi connectivity index (χ4v) is 3.40.